The quantitative estimate of drug-likeness (QED) is 0.764. The number of nitrogens with zero attached hydrogens (tertiary/aromatic N) is 4. The van der Waals surface area contributed by atoms with Gasteiger partial charge in [-0.25, -0.2) is 9.31 Å². The highest BCUT2D eigenvalue weighted by molar-refractivity contribution is 5.89. The van der Waals surface area contributed by atoms with Gasteiger partial charge in [-0.3, -0.25) is 0 Å². The van der Waals surface area contributed by atoms with E-state index in [2.05, 4.69) is 10.1 Å². The van der Waals surface area contributed by atoms with Crippen LogP contribution in [0.25, 0.3) is 16.8 Å². The third kappa shape index (κ3) is 2.22. The number of hydrogen-bond donors (Lipinski definition) is 2. The van der Waals surface area contributed by atoms with Gasteiger partial charge in [0.15, 0.2) is 11.3 Å². The smallest absolute Gasteiger partial charge is 0.354 e. The lowest BCUT2D eigenvalue weighted by Gasteiger charge is -2.14. The largest absolute Gasteiger partial charge is 0.477 e. The second kappa shape index (κ2) is 5.03. The van der Waals surface area contributed by atoms with Crippen LogP contribution in [0.5, 0.6) is 0 Å². The summed E-state index contributed by atoms with van der Waals surface area (Å²) >= 11 is 0. The first-order valence-electron chi connectivity index (χ1n) is 6.63. The van der Waals surface area contributed by atoms with Crippen LogP contribution in [0.4, 0.5) is 11.6 Å². The highest BCUT2D eigenvalue weighted by Crippen LogP contribution is 2.28. The van der Waals surface area contributed by atoms with Crippen LogP contribution in [0.2, 0.25) is 0 Å². The third-order valence-electron chi connectivity index (χ3n) is 3.39. The van der Waals surface area contributed by atoms with Gasteiger partial charge in [-0.1, -0.05) is 12.1 Å². The zero-order valence-electron chi connectivity index (χ0n) is 12.2. The molecule has 1 aromatic carbocycles. The average molecular weight is 297 g/mol. The first-order valence-corrected chi connectivity index (χ1v) is 6.63. The molecule has 112 valence electrons. The van der Waals surface area contributed by atoms with Crippen molar-refractivity contribution in [3.8, 4) is 11.1 Å². The molecule has 0 spiro atoms. The predicted molar refractivity (Wildman–Crippen MR) is 84.1 cm³/mol. The maximum absolute atomic E-state index is 11.3. The second-order valence-electron chi connectivity index (χ2n) is 5.09. The number of rotatable bonds is 3. The van der Waals surface area contributed by atoms with Crippen molar-refractivity contribution in [2.24, 2.45) is 0 Å². The highest BCUT2D eigenvalue weighted by atomic mass is 16.4. The predicted octanol–water partition coefficient (Wildman–Crippen LogP) is 1.74. The van der Waals surface area contributed by atoms with Crippen molar-refractivity contribution in [3.63, 3.8) is 0 Å². The summed E-state index contributed by atoms with van der Waals surface area (Å²) < 4.78 is 1.26. The molecular formula is C15H15N5O2. The van der Waals surface area contributed by atoms with Crippen molar-refractivity contribution < 1.29 is 9.90 Å². The Labute approximate surface area is 126 Å². The van der Waals surface area contributed by atoms with E-state index in [4.69, 9.17) is 5.73 Å². The van der Waals surface area contributed by atoms with E-state index in [1.54, 1.807) is 6.07 Å². The van der Waals surface area contributed by atoms with Gasteiger partial charge in [0.1, 0.15) is 0 Å². The Morgan fingerprint density at radius 1 is 1.27 bits per heavy atom. The van der Waals surface area contributed by atoms with Crippen molar-refractivity contribution >= 4 is 23.3 Å². The van der Waals surface area contributed by atoms with Gasteiger partial charge in [-0.15, -0.1) is 5.10 Å². The number of aromatic carboxylic acids is 1. The van der Waals surface area contributed by atoms with Gasteiger partial charge in [0, 0.05) is 25.3 Å². The molecule has 0 saturated carbocycles. The molecule has 3 N–H and O–H groups in total. The fourth-order valence-corrected chi connectivity index (χ4v) is 2.32. The summed E-state index contributed by atoms with van der Waals surface area (Å²) in [5, 5.41) is 13.2. The fourth-order valence-electron chi connectivity index (χ4n) is 2.32. The van der Waals surface area contributed by atoms with Crippen molar-refractivity contribution in [3.05, 3.63) is 42.1 Å². The molecule has 0 saturated heterocycles. The van der Waals surface area contributed by atoms with E-state index < -0.39 is 5.97 Å². The van der Waals surface area contributed by atoms with Gasteiger partial charge >= 0.3 is 5.97 Å². The normalized spacial score (nSPS) is 10.8. The van der Waals surface area contributed by atoms with E-state index >= 15 is 0 Å². The number of fused-ring (bicyclic) bond motifs is 1. The number of carboxylic acids is 1. The molecule has 22 heavy (non-hydrogen) atoms. The number of hydrogen-bond acceptors (Lipinski definition) is 5. The zero-order chi connectivity index (χ0) is 15.9. The van der Waals surface area contributed by atoms with Crippen LogP contribution in [-0.4, -0.2) is 39.8 Å². The first kappa shape index (κ1) is 13.9. The van der Waals surface area contributed by atoms with Crippen LogP contribution in [0.3, 0.4) is 0 Å². The van der Waals surface area contributed by atoms with Crippen molar-refractivity contribution in [1.29, 1.82) is 0 Å². The Kier molecular flexibility index (Phi) is 3.17. The SMILES string of the molecule is CN(C)c1cccc(-c2ccc(C(=O)O)n3nc(N)nc23)c1. The van der Waals surface area contributed by atoms with Crippen LogP contribution in [0.1, 0.15) is 10.5 Å². The Bertz CT molecular complexity index is 869. The molecular weight excluding hydrogens is 282 g/mol. The number of carboxylic acid groups (broad SMARTS) is 1. The lowest BCUT2D eigenvalue weighted by atomic mass is 10.1. The number of pyridine rings is 1. The van der Waals surface area contributed by atoms with E-state index in [9.17, 15) is 9.90 Å². The minimum Gasteiger partial charge on any atom is -0.477 e. The number of anilines is 2. The summed E-state index contributed by atoms with van der Waals surface area (Å²) in [5.74, 6) is -1.04. The van der Waals surface area contributed by atoms with E-state index in [1.807, 2.05) is 43.3 Å². The molecule has 0 radical (unpaired) electrons. The summed E-state index contributed by atoms with van der Waals surface area (Å²) in [4.78, 5) is 17.4. The maximum Gasteiger partial charge on any atom is 0.354 e. The highest BCUT2D eigenvalue weighted by Gasteiger charge is 2.16. The molecule has 0 fully saturated rings. The van der Waals surface area contributed by atoms with Crippen LogP contribution in [0, 0.1) is 0 Å². The van der Waals surface area contributed by atoms with Gasteiger partial charge < -0.3 is 15.7 Å². The standard InChI is InChI=1S/C15H15N5O2/c1-19(2)10-5-3-4-9(8-10)11-6-7-12(14(21)22)20-13(11)17-15(16)18-20/h3-8H,1-2H3,(H2,16,18)(H,21,22). The number of aromatic nitrogens is 3. The summed E-state index contributed by atoms with van der Waals surface area (Å²) in [6.07, 6.45) is 0. The monoisotopic (exact) mass is 297 g/mol. The van der Waals surface area contributed by atoms with E-state index in [1.165, 1.54) is 10.6 Å². The van der Waals surface area contributed by atoms with Crippen LogP contribution in [-0.2, 0) is 0 Å². The lowest BCUT2D eigenvalue weighted by molar-refractivity contribution is 0.0687. The molecule has 0 unspecified atom stereocenters. The molecule has 0 aliphatic heterocycles. The molecule has 3 aromatic rings. The van der Waals surface area contributed by atoms with Gasteiger partial charge in [0.25, 0.3) is 0 Å². The fraction of sp³-hybridized carbons (Fsp3) is 0.133. The summed E-state index contributed by atoms with van der Waals surface area (Å²) in [6.45, 7) is 0. The number of carbonyl (C=O) groups is 1. The topological polar surface area (TPSA) is 96.8 Å². The van der Waals surface area contributed by atoms with E-state index in [0.29, 0.717) is 5.65 Å². The van der Waals surface area contributed by atoms with E-state index in [0.717, 1.165) is 16.8 Å². The minimum absolute atomic E-state index is 0.0201. The Balaban J connectivity index is 2.26. The Morgan fingerprint density at radius 3 is 2.73 bits per heavy atom. The molecule has 7 heteroatoms. The molecule has 2 aromatic heterocycles. The average Bonchev–Trinajstić information content (AvgIpc) is 2.87. The lowest BCUT2D eigenvalue weighted by Crippen LogP contribution is -2.09. The minimum atomic E-state index is -1.08. The second-order valence-corrected chi connectivity index (χ2v) is 5.09. The molecule has 3 rings (SSSR count). The van der Waals surface area contributed by atoms with Crippen molar-refractivity contribution in [2.45, 2.75) is 0 Å². The summed E-state index contributed by atoms with van der Waals surface area (Å²) in [5.41, 5.74) is 8.81. The number of nitrogen functional groups attached to an aromatic ring is 1. The van der Waals surface area contributed by atoms with Gasteiger partial charge in [-0.05, 0) is 29.8 Å². The van der Waals surface area contributed by atoms with Crippen LogP contribution >= 0.6 is 0 Å². The first-order chi connectivity index (χ1) is 10.5. The Hall–Kier alpha value is -3.09. The van der Waals surface area contributed by atoms with Gasteiger partial charge in [0.05, 0.1) is 0 Å². The molecule has 0 bridgehead atoms. The van der Waals surface area contributed by atoms with Gasteiger partial charge in [0.2, 0.25) is 5.95 Å². The molecule has 0 atom stereocenters. The molecule has 0 aliphatic carbocycles. The Morgan fingerprint density at radius 2 is 2.05 bits per heavy atom. The molecule has 7 nitrogen and oxygen atoms in total. The number of nitrogens with two attached hydrogens (primary N) is 1. The number of benzene rings is 1. The zero-order valence-corrected chi connectivity index (χ0v) is 12.2. The molecule has 2 heterocycles. The van der Waals surface area contributed by atoms with Crippen molar-refractivity contribution in [2.75, 3.05) is 24.7 Å². The molecule has 0 aliphatic rings. The third-order valence-corrected chi connectivity index (χ3v) is 3.39. The van der Waals surface area contributed by atoms with Crippen LogP contribution < -0.4 is 10.6 Å². The molecule has 0 amide bonds. The summed E-state index contributed by atoms with van der Waals surface area (Å²) in [6, 6.07) is 11.1. The van der Waals surface area contributed by atoms with E-state index in [-0.39, 0.29) is 11.6 Å². The van der Waals surface area contributed by atoms with Crippen molar-refractivity contribution in [1.82, 2.24) is 14.6 Å². The maximum atomic E-state index is 11.3. The van der Waals surface area contributed by atoms with Crippen LogP contribution in [0.15, 0.2) is 36.4 Å². The van der Waals surface area contributed by atoms with Gasteiger partial charge in [-0.2, -0.15) is 4.98 Å². The summed E-state index contributed by atoms with van der Waals surface area (Å²) in [7, 11) is 3.91.